The molecule has 0 bridgehead atoms. The van der Waals surface area contributed by atoms with Gasteiger partial charge in [-0.25, -0.2) is 13.1 Å². The molecule has 0 radical (unpaired) electrons. The van der Waals surface area contributed by atoms with Gasteiger partial charge in [0.15, 0.2) is 0 Å². The number of benzene rings is 1. The molecule has 2 rings (SSSR count). The lowest BCUT2D eigenvalue weighted by molar-refractivity contribution is 0.0390. The number of nitrogens with one attached hydrogen (secondary N) is 1. The molecule has 1 aromatic rings. The van der Waals surface area contributed by atoms with E-state index in [1.54, 1.807) is 13.0 Å². The molecule has 0 unspecified atom stereocenters. The number of rotatable bonds is 5. The van der Waals surface area contributed by atoms with Crippen molar-refractivity contribution in [3.63, 3.8) is 0 Å². The molecular formula is C14H23N3O3S. The third-order valence-corrected chi connectivity index (χ3v) is 5.46. The molecule has 1 fully saturated rings. The lowest BCUT2D eigenvalue weighted by Gasteiger charge is -2.26. The van der Waals surface area contributed by atoms with Crippen LogP contribution >= 0.6 is 0 Å². The molecule has 0 atom stereocenters. The molecule has 6 nitrogen and oxygen atoms in total. The van der Waals surface area contributed by atoms with Gasteiger partial charge in [0.2, 0.25) is 10.0 Å². The highest BCUT2D eigenvalue weighted by Crippen LogP contribution is 2.24. The number of aryl methyl sites for hydroxylation is 1. The minimum absolute atomic E-state index is 0.199. The Kier molecular flexibility index (Phi) is 5.21. The van der Waals surface area contributed by atoms with E-state index in [1.165, 1.54) is 0 Å². The van der Waals surface area contributed by atoms with Crippen LogP contribution in [0.3, 0.4) is 0 Å². The highest BCUT2D eigenvalue weighted by Gasteiger charge is 2.21. The van der Waals surface area contributed by atoms with Crippen molar-refractivity contribution in [1.82, 2.24) is 9.62 Å². The van der Waals surface area contributed by atoms with E-state index in [2.05, 4.69) is 9.62 Å². The SMILES string of the molecule is Cc1ccc(N)c(S(=O)(=O)NCCN2CCOCC2)c1C. The van der Waals surface area contributed by atoms with Crippen molar-refractivity contribution >= 4 is 15.7 Å². The maximum atomic E-state index is 12.4. The Labute approximate surface area is 126 Å². The summed E-state index contributed by atoms with van der Waals surface area (Å²) in [5, 5.41) is 0. The number of anilines is 1. The molecule has 118 valence electrons. The third kappa shape index (κ3) is 3.94. The van der Waals surface area contributed by atoms with E-state index in [1.807, 2.05) is 13.0 Å². The molecule has 0 saturated carbocycles. The van der Waals surface area contributed by atoms with Crippen molar-refractivity contribution in [2.45, 2.75) is 18.7 Å². The molecule has 0 aliphatic carbocycles. The Morgan fingerprint density at radius 1 is 1.29 bits per heavy atom. The summed E-state index contributed by atoms with van der Waals surface area (Å²) in [7, 11) is -3.58. The van der Waals surface area contributed by atoms with Crippen LogP contribution in [0.1, 0.15) is 11.1 Å². The van der Waals surface area contributed by atoms with Gasteiger partial charge < -0.3 is 10.5 Å². The zero-order chi connectivity index (χ0) is 15.5. The molecular weight excluding hydrogens is 290 g/mol. The number of hydrogen-bond acceptors (Lipinski definition) is 5. The summed E-state index contributed by atoms with van der Waals surface area (Å²) in [5.74, 6) is 0. The Bertz CT molecular complexity index is 596. The highest BCUT2D eigenvalue weighted by molar-refractivity contribution is 7.89. The first-order valence-electron chi connectivity index (χ1n) is 7.07. The van der Waals surface area contributed by atoms with Crippen LogP contribution in [0.2, 0.25) is 0 Å². The van der Waals surface area contributed by atoms with Crippen molar-refractivity contribution in [1.29, 1.82) is 0 Å². The average Bonchev–Trinajstić information content (AvgIpc) is 2.44. The molecule has 1 aliphatic heterocycles. The Hall–Kier alpha value is -1.15. The average molecular weight is 313 g/mol. The molecule has 0 aromatic heterocycles. The van der Waals surface area contributed by atoms with Crippen LogP contribution in [-0.4, -0.2) is 52.7 Å². The summed E-state index contributed by atoms with van der Waals surface area (Å²) in [6.07, 6.45) is 0. The van der Waals surface area contributed by atoms with Gasteiger partial charge >= 0.3 is 0 Å². The summed E-state index contributed by atoms with van der Waals surface area (Å²) in [5.41, 5.74) is 7.75. The van der Waals surface area contributed by atoms with Crippen LogP contribution in [-0.2, 0) is 14.8 Å². The fourth-order valence-electron chi connectivity index (χ4n) is 2.40. The second-order valence-corrected chi connectivity index (χ2v) is 6.98. The smallest absolute Gasteiger partial charge is 0.242 e. The third-order valence-electron chi connectivity index (χ3n) is 3.80. The van der Waals surface area contributed by atoms with Gasteiger partial charge in [-0.05, 0) is 31.0 Å². The molecule has 1 heterocycles. The maximum absolute atomic E-state index is 12.4. The first-order valence-corrected chi connectivity index (χ1v) is 8.55. The zero-order valence-electron chi connectivity index (χ0n) is 12.6. The second kappa shape index (κ2) is 6.74. The van der Waals surface area contributed by atoms with Crippen LogP contribution in [0.15, 0.2) is 17.0 Å². The van der Waals surface area contributed by atoms with E-state index in [0.717, 1.165) is 18.7 Å². The Balaban J connectivity index is 2.03. The lowest BCUT2D eigenvalue weighted by atomic mass is 10.1. The summed E-state index contributed by atoms with van der Waals surface area (Å²) < 4.78 is 32.8. The number of ether oxygens (including phenoxy) is 1. The lowest BCUT2D eigenvalue weighted by Crippen LogP contribution is -2.41. The monoisotopic (exact) mass is 313 g/mol. The molecule has 21 heavy (non-hydrogen) atoms. The van der Waals surface area contributed by atoms with Crippen LogP contribution < -0.4 is 10.5 Å². The predicted molar refractivity (Wildman–Crippen MR) is 82.8 cm³/mol. The Morgan fingerprint density at radius 3 is 2.62 bits per heavy atom. The predicted octanol–water partition coefficient (Wildman–Crippen LogP) is 0.496. The van der Waals surface area contributed by atoms with Crippen molar-refractivity contribution in [3.8, 4) is 0 Å². The topological polar surface area (TPSA) is 84.7 Å². The van der Waals surface area contributed by atoms with Gasteiger partial charge in [-0.2, -0.15) is 0 Å². The fraction of sp³-hybridized carbons (Fsp3) is 0.571. The molecule has 1 aromatic carbocycles. The van der Waals surface area contributed by atoms with Crippen LogP contribution in [0.5, 0.6) is 0 Å². The standard InChI is InChI=1S/C14H23N3O3S/c1-11-3-4-13(15)14(12(11)2)21(18,19)16-5-6-17-7-9-20-10-8-17/h3-4,16H,5-10,15H2,1-2H3. The zero-order valence-corrected chi connectivity index (χ0v) is 13.4. The maximum Gasteiger partial charge on any atom is 0.242 e. The number of hydrogen-bond donors (Lipinski definition) is 2. The minimum atomic E-state index is -3.58. The van der Waals surface area contributed by atoms with E-state index in [-0.39, 0.29) is 10.6 Å². The normalized spacial score (nSPS) is 17.0. The van der Waals surface area contributed by atoms with Crippen molar-refractivity contribution in [3.05, 3.63) is 23.3 Å². The summed E-state index contributed by atoms with van der Waals surface area (Å²) in [6.45, 7) is 7.79. The van der Waals surface area contributed by atoms with Gasteiger partial charge in [-0.1, -0.05) is 6.07 Å². The van der Waals surface area contributed by atoms with Crippen LogP contribution in [0.25, 0.3) is 0 Å². The van der Waals surface area contributed by atoms with Gasteiger partial charge in [-0.3, -0.25) is 4.90 Å². The number of sulfonamides is 1. The van der Waals surface area contributed by atoms with Gasteiger partial charge in [-0.15, -0.1) is 0 Å². The molecule has 0 amide bonds. The van der Waals surface area contributed by atoms with E-state index in [4.69, 9.17) is 10.5 Å². The number of nitrogen functional groups attached to an aromatic ring is 1. The van der Waals surface area contributed by atoms with Crippen LogP contribution in [0.4, 0.5) is 5.69 Å². The summed E-state index contributed by atoms with van der Waals surface area (Å²) in [4.78, 5) is 2.38. The van der Waals surface area contributed by atoms with E-state index < -0.39 is 10.0 Å². The molecule has 1 aliphatic rings. The number of nitrogens with two attached hydrogens (primary N) is 1. The summed E-state index contributed by atoms with van der Waals surface area (Å²) >= 11 is 0. The highest BCUT2D eigenvalue weighted by atomic mass is 32.2. The van der Waals surface area contributed by atoms with Gasteiger partial charge in [0.25, 0.3) is 0 Å². The molecule has 0 spiro atoms. The Morgan fingerprint density at radius 2 is 1.95 bits per heavy atom. The van der Waals surface area contributed by atoms with Gasteiger partial charge in [0.05, 0.1) is 18.9 Å². The van der Waals surface area contributed by atoms with Crippen molar-refractivity contribution < 1.29 is 13.2 Å². The summed E-state index contributed by atoms with van der Waals surface area (Å²) in [6, 6.07) is 3.47. The van der Waals surface area contributed by atoms with Crippen LogP contribution in [0, 0.1) is 13.8 Å². The molecule has 1 saturated heterocycles. The fourth-order valence-corrected chi connectivity index (χ4v) is 3.85. The van der Waals surface area contributed by atoms with Gasteiger partial charge in [0.1, 0.15) is 4.90 Å². The van der Waals surface area contributed by atoms with Crippen molar-refractivity contribution in [2.24, 2.45) is 0 Å². The number of nitrogens with zero attached hydrogens (tertiary/aromatic N) is 1. The first kappa shape index (κ1) is 16.2. The largest absolute Gasteiger partial charge is 0.398 e. The molecule has 3 N–H and O–H groups in total. The van der Waals surface area contributed by atoms with E-state index in [9.17, 15) is 8.42 Å². The van der Waals surface area contributed by atoms with Crippen molar-refractivity contribution in [2.75, 3.05) is 45.1 Å². The van der Waals surface area contributed by atoms with E-state index >= 15 is 0 Å². The quantitative estimate of drug-likeness (QED) is 0.773. The molecule has 7 heteroatoms. The first-order chi connectivity index (χ1) is 9.92. The second-order valence-electron chi connectivity index (χ2n) is 5.28. The minimum Gasteiger partial charge on any atom is -0.398 e. The van der Waals surface area contributed by atoms with Gasteiger partial charge in [0, 0.05) is 26.2 Å². The number of morpholine rings is 1. The van der Waals surface area contributed by atoms with E-state index in [0.29, 0.717) is 31.9 Å².